The van der Waals surface area contributed by atoms with Crippen molar-refractivity contribution in [3.05, 3.63) is 11.5 Å². The van der Waals surface area contributed by atoms with E-state index in [1.165, 1.54) is 4.31 Å². The Morgan fingerprint density at radius 1 is 1.21 bits per heavy atom. The number of rotatable bonds is 3. The van der Waals surface area contributed by atoms with Gasteiger partial charge in [0, 0.05) is 32.7 Å². The van der Waals surface area contributed by atoms with Gasteiger partial charge in [0.15, 0.2) is 5.76 Å². The minimum Gasteiger partial charge on any atom is -0.360 e. The van der Waals surface area contributed by atoms with Crippen LogP contribution < -0.4 is 5.32 Å². The van der Waals surface area contributed by atoms with Crippen molar-refractivity contribution in [3.63, 3.8) is 0 Å². The molecule has 1 N–H and O–H groups in total. The quantitative estimate of drug-likeness (QED) is 0.880. The second-order valence-corrected chi connectivity index (χ2v) is 9.14. The second-order valence-electron chi connectivity index (χ2n) is 7.26. The average Bonchev–Trinajstić information content (AvgIpc) is 2.84. The third-order valence-electron chi connectivity index (χ3n) is 3.86. The molecular weight excluding hydrogens is 332 g/mol. The first-order chi connectivity index (χ1) is 11.0. The molecule has 1 saturated heterocycles. The molecule has 2 rings (SSSR count). The van der Waals surface area contributed by atoms with Gasteiger partial charge in [-0.25, -0.2) is 13.2 Å². The fourth-order valence-corrected chi connectivity index (χ4v) is 4.27. The number of carbonyl (C=O) groups is 1. The molecule has 0 bridgehead atoms. The van der Waals surface area contributed by atoms with Crippen molar-refractivity contribution in [3.8, 4) is 0 Å². The summed E-state index contributed by atoms with van der Waals surface area (Å²) < 4.78 is 31.8. The number of nitrogens with one attached hydrogen (secondary N) is 1. The van der Waals surface area contributed by atoms with Crippen LogP contribution in [-0.2, 0) is 10.0 Å². The van der Waals surface area contributed by atoms with E-state index in [0.29, 0.717) is 25.3 Å². The second kappa shape index (κ2) is 6.72. The largest absolute Gasteiger partial charge is 0.360 e. The van der Waals surface area contributed by atoms with E-state index >= 15 is 0 Å². The maximum Gasteiger partial charge on any atom is 0.317 e. The Morgan fingerprint density at radius 3 is 2.25 bits per heavy atom. The number of carbonyl (C=O) groups excluding carboxylic acids is 1. The van der Waals surface area contributed by atoms with Gasteiger partial charge in [0.2, 0.25) is 10.0 Å². The lowest BCUT2D eigenvalue weighted by molar-refractivity contribution is 0.168. The number of nitrogens with zero attached hydrogens (tertiary/aromatic N) is 3. The van der Waals surface area contributed by atoms with Crippen LogP contribution in [0.4, 0.5) is 4.79 Å². The third kappa shape index (κ3) is 4.07. The number of hydrogen-bond acceptors (Lipinski definition) is 5. The van der Waals surface area contributed by atoms with E-state index in [1.807, 2.05) is 20.8 Å². The van der Waals surface area contributed by atoms with Crippen LogP contribution in [0.2, 0.25) is 0 Å². The van der Waals surface area contributed by atoms with Gasteiger partial charge < -0.3 is 14.7 Å². The average molecular weight is 358 g/mol. The van der Waals surface area contributed by atoms with E-state index in [-0.39, 0.29) is 35.2 Å². The molecule has 2 amide bonds. The Labute approximate surface area is 143 Å². The molecule has 9 heteroatoms. The summed E-state index contributed by atoms with van der Waals surface area (Å²) in [5, 5.41) is 6.60. The molecule has 0 aliphatic carbocycles. The van der Waals surface area contributed by atoms with E-state index in [1.54, 1.807) is 18.7 Å². The van der Waals surface area contributed by atoms with Gasteiger partial charge in [-0.05, 0) is 19.3 Å². The molecule has 2 heterocycles. The highest BCUT2D eigenvalue weighted by atomic mass is 32.2. The predicted molar refractivity (Wildman–Crippen MR) is 89.2 cm³/mol. The van der Waals surface area contributed by atoms with Crippen molar-refractivity contribution in [1.29, 1.82) is 0 Å². The van der Waals surface area contributed by atoms with Gasteiger partial charge >= 0.3 is 6.03 Å². The van der Waals surface area contributed by atoms with Crippen LogP contribution in [0.25, 0.3) is 0 Å². The molecule has 0 spiro atoms. The van der Waals surface area contributed by atoms with Crippen molar-refractivity contribution in [2.75, 3.05) is 32.7 Å². The van der Waals surface area contributed by atoms with Crippen molar-refractivity contribution in [2.45, 2.75) is 39.5 Å². The van der Waals surface area contributed by atoms with Gasteiger partial charge in [-0.2, -0.15) is 4.31 Å². The molecule has 0 saturated carbocycles. The smallest absolute Gasteiger partial charge is 0.317 e. The molecule has 0 aromatic carbocycles. The Balaban J connectivity index is 1.99. The van der Waals surface area contributed by atoms with Crippen LogP contribution in [0.15, 0.2) is 9.42 Å². The van der Waals surface area contributed by atoms with Gasteiger partial charge in [0.1, 0.15) is 10.6 Å². The number of urea groups is 1. The molecule has 0 atom stereocenters. The topological polar surface area (TPSA) is 95.8 Å². The first kappa shape index (κ1) is 18.7. The zero-order chi connectivity index (χ0) is 18.1. The summed E-state index contributed by atoms with van der Waals surface area (Å²) in [5.41, 5.74) is 0.363. The summed E-state index contributed by atoms with van der Waals surface area (Å²) in [6.07, 6.45) is 0. The normalized spacial score (nSPS) is 17.1. The first-order valence-electron chi connectivity index (χ1n) is 7.98. The SMILES string of the molecule is Cc1noc(C)c1S(=O)(=O)N1CCN(C(=O)NCC(C)(C)C)CC1. The van der Waals surface area contributed by atoms with E-state index in [9.17, 15) is 13.2 Å². The third-order valence-corrected chi connectivity index (χ3v) is 6.01. The molecule has 1 aliphatic rings. The lowest BCUT2D eigenvalue weighted by Gasteiger charge is -2.34. The van der Waals surface area contributed by atoms with Crippen molar-refractivity contribution < 1.29 is 17.7 Å². The fourth-order valence-electron chi connectivity index (χ4n) is 2.56. The summed E-state index contributed by atoms with van der Waals surface area (Å²) >= 11 is 0. The van der Waals surface area contributed by atoms with Crippen LogP contribution in [0, 0.1) is 19.3 Å². The van der Waals surface area contributed by atoms with E-state index in [2.05, 4.69) is 10.5 Å². The molecule has 1 aromatic rings. The molecule has 136 valence electrons. The molecule has 1 aromatic heterocycles. The summed E-state index contributed by atoms with van der Waals surface area (Å²) in [7, 11) is -3.65. The van der Waals surface area contributed by atoms with E-state index in [4.69, 9.17) is 4.52 Å². The Morgan fingerprint density at radius 2 is 1.79 bits per heavy atom. The molecule has 1 aliphatic heterocycles. The number of piperazine rings is 1. The van der Waals surface area contributed by atoms with Gasteiger partial charge in [-0.3, -0.25) is 0 Å². The summed E-state index contributed by atoms with van der Waals surface area (Å²) in [6.45, 7) is 11.1. The Kier molecular flexibility index (Phi) is 5.24. The minimum absolute atomic E-state index is 0.00412. The summed E-state index contributed by atoms with van der Waals surface area (Å²) in [4.78, 5) is 13.9. The number of amides is 2. The number of hydrogen-bond donors (Lipinski definition) is 1. The van der Waals surface area contributed by atoms with Gasteiger partial charge in [-0.1, -0.05) is 25.9 Å². The lowest BCUT2D eigenvalue weighted by atomic mass is 9.97. The highest BCUT2D eigenvalue weighted by molar-refractivity contribution is 7.89. The number of aryl methyl sites for hydroxylation is 2. The highest BCUT2D eigenvalue weighted by Crippen LogP contribution is 2.24. The van der Waals surface area contributed by atoms with Crippen LogP contribution in [0.1, 0.15) is 32.2 Å². The fraction of sp³-hybridized carbons (Fsp3) is 0.733. The first-order valence-corrected chi connectivity index (χ1v) is 9.42. The summed E-state index contributed by atoms with van der Waals surface area (Å²) in [6, 6.07) is -0.153. The van der Waals surface area contributed by atoms with Crippen molar-refractivity contribution in [2.24, 2.45) is 5.41 Å². The molecular formula is C15H26N4O4S. The molecule has 8 nitrogen and oxygen atoms in total. The maximum absolute atomic E-state index is 12.7. The number of sulfonamides is 1. The minimum atomic E-state index is -3.65. The molecule has 0 radical (unpaired) electrons. The van der Waals surface area contributed by atoms with Gasteiger partial charge in [0.05, 0.1) is 0 Å². The van der Waals surface area contributed by atoms with Gasteiger partial charge in [-0.15, -0.1) is 0 Å². The lowest BCUT2D eigenvalue weighted by Crippen LogP contribution is -2.53. The summed E-state index contributed by atoms with van der Waals surface area (Å²) in [5.74, 6) is 0.290. The van der Waals surface area contributed by atoms with E-state index in [0.717, 1.165) is 0 Å². The zero-order valence-electron chi connectivity index (χ0n) is 14.9. The van der Waals surface area contributed by atoms with Crippen LogP contribution in [0.3, 0.4) is 0 Å². The Hall–Kier alpha value is -1.61. The highest BCUT2D eigenvalue weighted by Gasteiger charge is 2.34. The Bertz CT molecular complexity index is 678. The molecule has 24 heavy (non-hydrogen) atoms. The standard InChI is InChI=1S/C15H26N4O4S/c1-11-13(12(2)23-17-11)24(21,22)19-8-6-18(7-9-19)14(20)16-10-15(3,4)5/h6-10H2,1-5H3,(H,16,20). The predicted octanol–water partition coefficient (Wildman–Crippen LogP) is 1.35. The molecule has 0 unspecified atom stereocenters. The maximum atomic E-state index is 12.7. The van der Waals surface area contributed by atoms with Crippen LogP contribution in [-0.4, -0.2) is 61.5 Å². The zero-order valence-corrected chi connectivity index (χ0v) is 15.7. The van der Waals surface area contributed by atoms with Crippen molar-refractivity contribution in [1.82, 2.24) is 19.7 Å². The van der Waals surface area contributed by atoms with Crippen LogP contribution >= 0.6 is 0 Å². The van der Waals surface area contributed by atoms with E-state index < -0.39 is 10.0 Å². The van der Waals surface area contributed by atoms with Crippen LogP contribution in [0.5, 0.6) is 0 Å². The number of aromatic nitrogens is 1. The monoisotopic (exact) mass is 358 g/mol. The van der Waals surface area contributed by atoms with Crippen molar-refractivity contribution >= 4 is 16.1 Å². The molecule has 1 fully saturated rings. The van der Waals surface area contributed by atoms with Gasteiger partial charge in [0.25, 0.3) is 0 Å².